The van der Waals surface area contributed by atoms with Crippen molar-refractivity contribution in [1.29, 1.82) is 0 Å². The lowest BCUT2D eigenvalue weighted by Gasteiger charge is -2.08. The summed E-state index contributed by atoms with van der Waals surface area (Å²) in [7, 11) is 0. The van der Waals surface area contributed by atoms with Crippen molar-refractivity contribution in [2.24, 2.45) is 5.90 Å². The molecule has 0 atom stereocenters. The van der Waals surface area contributed by atoms with E-state index in [2.05, 4.69) is 11.8 Å². The minimum absolute atomic E-state index is 0.876. The summed E-state index contributed by atoms with van der Waals surface area (Å²) in [6, 6.07) is 0. The van der Waals surface area contributed by atoms with Gasteiger partial charge in [-0.05, 0) is 19.4 Å². The summed E-state index contributed by atoms with van der Waals surface area (Å²) in [6.45, 7) is 2.10. The van der Waals surface area contributed by atoms with Crippen LogP contribution in [0, 0.1) is 0 Å². The molecule has 0 bridgehead atoms. The Morgan fingerprint density at radius 3 is 2.67 bits per heavy atom. The van der Waals surface area contributed by atoms with E-state index in [1.54, 1.807) is 0 Å². The average Bonchev–Trinajstić information content (AvgIpc) is 1.90. The predicted octanol–water partition coefficient (Wildman–Crippen LogP) is 1.50. The monoisotopic (exact) mass is 125 g/mol. The fourth-order valence-electron chi connectivity index (χ4n) is 0.820. The second-order valence-electron chi connectivity index (χ2n) is 2.26. The fraction of sp³-hybridized carbons (Fsp3) is 0.429. The molecule has 9 heavy (non-hydrogen) atoms. The summed E-state index contributed by atoms with van der Waals surface area (Å²) in [5, 5.41) is 0. The van der Waals surface area contributed by atoms with Crippen LogP contribution in [0.1, 0.15) is 19.8 Å². The van der Waals surface area contributed by atoms with Crippen molar-refractivity contribution in [3.8, 4) is 0 Å². The van der Waals surface area contributed by atoms with Crippen molar-refractivity contribution in [3.05, 3.63) is 23.5 Å². The molecule has 1 rings (SSSR count). The van der Waals surface area contributed by atoms with Crippen molar-refractivity contribution >= 4 is 0 Å². The SMILES string of the molecule is CC1=CC=C(ON)CC1. The largest absolute Gasteiger partial charge is 0.416 e. The predicted molar refractivity (Wildman–Crippen MR) is 36.3 cm³/mol. The van der Waals surface area contributed by atoms with Gasteiger partial charge in [0, 0.05) is 6.42 Å². The molecular weight excluding hydrogens is 114 g/mol. The van der Waals surface area contributed by atoms with E-state index in [9.17, 15) is 0 Å². The van der Waals surface area contributed by atoms with Gasteiger partial charge in [-0.15, -0.1) is 0 Å². The molecule has 0 spiro atoms. The molecule has 50 valence electrons. The zero-order chi connectivity index (χ0) is 6.69. The van der Waals surface area contributed by atoms with Gasteiger partial charge in [-0.25, -0.2) is 0 Å². The molecule has 0 fully saturated rings. The van der Waals surface area contributed by atoms with Crippen LogP contribution < -0.4 is 5.90 Å². The molecule has 0 saturated carbocycles. The molecule has 0 amide bonds. The van der Waals surface area contributed by atoms with E-state index in [4.69, 9.17) is 5.90 Å². The first-order chi connectivity index (χ1) is 4.33. The fourth-order valence-corrected chi connectivity index (χ4v) is 0.820. The number of rotatable bonds is 1. The molecule has 1 aliphatic rings. The number of hydrogen-bond donors (Lipinski definition) is 1. The topological polar surface area (TPSA) is 35.2 Å². The Kier molecular flexibility index (Phi) is 1.90. The van der Waals surface area contributed by atoms with Gasteiger partial charge in [0.2, 0.25) is 0 Å². The summed E-state index contributed by atoms with van der Waals surface area (Å²) in [4.78, 5) is 4.56. The van der Waals surface area contributed by atoms with Crippen LogP contribution in [0.5, 0.6) is 0 Å². The molecular formula is C7H11NO. The lowest BCUT2D eigenvalue weighted by Crippen LogP contribution is -2.01. The number of hydrogen-bond acceptors (Lipinski definition) is 2. The van der Waals surface area contributed by atoms with Gasteiger partial charge >= 0.3 is 0 Å². The highest BCUT2D eigenvalue weighted by molar-refractivity contribution is 5.18. The van der Waals surface area contributed by atoms with Crippen LogP contribution in [0.4, 0.5) is 0 Å². The normalized spacial score (nSPS) is 18.4. The molecule has 1 aliphatic carbocycles. The smallest absolute Gasteiger partial charge is 0.124 e. The van der Waals surface area contributed by atoms with E-state index in [0.29, 0.717) is 0 Å². The Hall–Kier alpha value is -0.760. The van der Waals surface area contributed by atoms with Crippen LogP contribution in [-0.4, -0.2) is 0 Å². The lowest BCUT2D eigenvalue weighted by atomic mass is 10.1. The second kappa shape index (κ2) is 2.69. The van der Waals surface area contributed by atoms with Gasteiger partial charge < -0.3 is 4.84 Å². The zero-order valence-electron chi connectivity index (χ0n) is 5.55. The third-order valence-corrected chi connectivity index (χ3v) is 1.47. The Balaban J connectivity index is 2.59. The molecule has 2 heteroatoms. The molecule has 2 nitrogen and oxygen atoms in total. The van der Waals surface area contributed by atoms with Crippen molar-refractivity contribution in [1.82, 2.24) is 0 Å². The average molecular weight is 125 g/mol. The summed E-state index contributed by atoms with van der Waals surface area (Å²) in [5.41, 5.74) is 1.39. The van der Waals surface area contributed by atoms with E-state index in [0.717, 1.165) is 18.6 Å². The van der Waals surface area contributed by atoms with E-state index >= 15 is 0 Å². The third kappa shape index (κ3) is 1.57. The van der Waals surface area contributed by atoms with Crippen LogP contribution in [0.3, 0.4) is 0 Å². The number of allylic oxidation sites excluding steroid dienone is 4. The van der Waals surface area contributed by atoms with Crippen LogP contribution in [-0.2, 0) is 4.84 Å². The van der Waals surface area contributed by atoms with Gasteiger partial charge in [-0.1, -0.05) is 11.6 Å². The third-order valence-electron chi connectivity index (χ3n) is 1.47. The minimum atomic E-state index is 0.876. The van der Waals surface area contributed by atoms with E-state index in [1.165, 1.54) is 5.57 Å². The van der Waals surface area contributed by atoms with Gasteiger partial charge in [0.25, 0.3) is 0 Å². The Morgan fingerprint density at radius 1 is 1.44 bits per heavy atom. The molecule has 0 aromatic rings. The Morgan fingerprint density at radius 2 is 2.22 bits per heavy atom. The van der Waals surface area contributed by atoms with E-state index < -0.39 is 0 Å². The molecule has 0 unspecified atom stereocenters. The summed E-state index contributed by atoms with van der Waals surface area (Å²) in [5.74, 6) is 5.83. The second-order valence-corrected chi connectivity index (χ2v) is 2.26. The maximum atomic E-state index is 4.95. The van der Waals surface area contributed by atoms with Gasteiger partial charge in [0.1, 0.15) is 5.76 Å². The van der Waals surface area contributed by atoms with E-state index in [1.807, 2.05) is 12.2 Å². The zero-order valence-corrected chi connectivity index (χ0v) is 5.55. The van der Waals surface area contributed by atoms with E-state index in [-0.39, 0.29) is 0 Å². The molecule has 0 saturated heterocycles. The van der Waals surface area contributed by atoms with Crippen LogP contribution in [0.15, 0.2) is 23.5 Å². The quantitative estimate of drug-likeness (QED) is 0.539. The highest BCUT2D eigenvalue weighted by Crippen LogP contribution is 2.16. The van der Waals surface area contributed by atoms with Gasteiger partial charge in [0.15, 0.2) is 0 Å². The summed E-state index contributed by atoms with van der Waals surface area (Å²) < 4.78 is 0. The van der Waals surface area contributed by atoms with Crippen LogP contribution in [0.25, 0.3) is 0 Å². The first kappa shape index (κ1) is 6.36. The molecule has 0 heterocycles. The standard InChI is InChI=1S/C7H11NO/c1-6-2-4-7(9-8)5-3-6/h2,4H,3,5,8H2,1H3. The lowest BCUT2D eigenvalue weighted by molar-refractivity contribution is 0.208. The highest BCUT2D eigenvalue weighted by Gasteiger charge is 2.01. The van der Waals surface area contributed by atoms with Crippen LogP contribution in [0.2, 0.25) is 0 Å². The van der Waals surface area contributed by atoms with Crippen molar-refractivity contribution < 1.29 is 4.84 Å². The van der Waals surface area contributed by atoms with Crippen molar-refractivity contribution in [3.63, 3.8) is 0 Å². The highest BCUT2D eigenvalue weighted by atomic mass is 16.6. The molecule has 0 aromatic carbocycles. The first-order valence-corrected chi connectivity index (χ1v) is 3.06. The Bertz CT molecular complexity index is 158. The van der Waals surface area contributed by atoms with Gasteiger partial charge in [0.05, 0.1) is 0 Å². The van der Waals surface area contributed by atoms with Gasteiger partial charge in [-0.3, -0.25) is 0 Å². The first-order valence-electron chi connectivity index (χ1n) is 3.06. The maximum absolute atomic E-state index is 4.95. The molecule has 0 aromatic heterocycles. The summed E-state index contributed by atoms with van der Waals surface area (Å²) in [6.07, 6.45) is 5.96. The van der Waals surface area contributed by atoms with Gasteiger partial charge in [-0.2, -0.15) is 5.90 Å². The molecule has 0 radical (unpaired) electrons. The number of nitrogens with two attached hydrogens (primary N) is 1. The Labute approximate surface area is 55.0 Å². The molecule has 0 aliphatic heterocycles. The summed E-state index contributed by atoms with van der Waals surface area (Å²) >= 11 is 0. The minimum Gasteiger partial charge on any atom is -0.416 e. The molecule has 2 N–H and O–H groups in total. The van der Waals surface area contributed by atoms with Crippen LogP contribution >= 0.6 is 0 Å². The van der Waals surface area contributed by atoms with Crippen molar-refractivity contribution in [2.45, 2.75) is 19.8 Å². The van der Waals surface area contributed by atoms with Crippen molar-refractivity contribution in [2.75, 3.05) is 0 Å². The maximum Gasteiger partial charge on any atom is 0.124 e.